The predicted molar refractivity (Wildman–Crippen MR) is 95.5 cm³/mol. The Bertz CT molecular complexity index is 818. The molecule has 1 unspecified atom stereocenters. The summed E-state index contributed by atoms with van der Waals surface area (Å²) in [7, 11) is 0. The normalized spacial score (nSPS) is 20.3. The van der Waals surface area contributed by atoms with Crippen molar-refractivity contribution in [2.75, 3.05) is 17.4 Å². The number of hydrogen-bond donors (Lipinski definition) is 2. The van der Waals surface area contributed by atoms with Crippen molar-refractivity contribution in [3.05, 3.63) is 46.4 Å². The van der Waals surface area contributed by atoms with Crippen LogP contribution >= 0.6 is 15.9 Å². The molecule has 0 aromatic heterocycles. The van der Waals surface area contributed by atoms with Gasteiger partial charge in [-0.25, -0.2) is 0 Å². The van der Waals surface area contributed by atoms with Crippen molar-refractivity contribution in [2.45, 2.75) is 19.9 Å². The molecule has 2 heterocycles. The third-order valence-corrected chi connectivity index (χ3v) is 5.09. The summed E-state index contributed by atoms with van der Waals surface area (Å²) in [5, 5.41) is 6.48. The van der Waals surface area contributed by atoms with Crippen LogP contribution in [0.25, 0.3) is 0 Å². The second kappa shape index (κ2) is 5.41. The first-order valence-corrected chi connectivity index (χ1v) is 8.51. The maximum Gasteiger partial charge on any atom is 0.232 e. The van der Waals surface area contributed by atoms with Gasteiger partial charge in [0.05, 0.1) is 11.5 Å². The molecule has 1 atom stereocenters. The summed E-state index contributed by atoms with van der Waals surface area (Å²) in [4.78, 5) is 12.6. The van der Waals surface area contributed by atoms with Gasteiger partial charge < -0.3 is 20.1 Å². The average molecular weight is 389 g/mol. The summed E-state index contributed by atoms with van der Waals surface area (Å²) >= 11 is 3.44. The molecule has 0 fully saturated rings. The SMILES string of the molecule is CC1(C)C(=O)Nc2cc3c(cc2C1Nc1ccc(Br)cc1)OCO3. The lowest BCUT2D eigenvalue weighted by atomic mass is 9.76. The highest BCUT2D eigenvalue weighted by Crippen LogP contribution is 2.48. The van der Waals surface area contributed by atoms with Crippen LogP contribution in [0, 0.1) is 5.41 Å². The fourth-order valence-electron chi connectivity index (χ4n) is 3.08. The molecular weight excluding hydrogens is 372 g/mol. The number of anilines is 2. The van der Waals surface area contributed by atoms with E-state index in [2.05, 4.69) is 26.6 Å². The summed E-state index contributed by atoms with van der Waals surface area (Å²) in [5.74, 6) is 1.35. The van der Waals surface area contributed by atoms with Crippen LogP contribution in [0.4, 0.5) is 11.4 Å². The summed E-state index contributed by atoms with van der Waals surface area (Å²) in [5.41, 5.74) is 2.09. The zero-order valence-electron chi connectivity index (χ0n) is 13.4. The van der Waals surface area contributed by atoms with E-state index in [0.717, 1.165) is 21.4 Å². The molecule has 2 aliphatic rings. The lowest BCUT2D eigenvalue weighted by Gasteiger charge is -2.39. The van der Waals surface area contributed by atoms with E-state index >= 15 is 0 Å². The lowest BCUT2D eigenvalue weighted by molar-refractivity contribution is -0.125. The molecule has 0 saturated carbocycles. The Morgan fingerprint density at radius 3 is 2.54 bits per heavy atom. The van der Waals surface area contributed by atoms with Gasteiger partial charge >= 0.3 is 0 Å². The molecule has 0 spiro atoms. The van der Waals surface area contributed by atoms with Gasteiger partial charge in [0, 0.05) is 27.5 Å². The number of carbonyl (C=O) groups is 1. The molecule has 5 nitrogen and oxygen atoms in total. The molecule has 2 N–H and O–H groups in total. The van der Waals surface area contributed by atoms with Crippen LogP contribution in [-0.2, 0) is 4.79 Å². The molecule has 24 heavy (non-hydrogen) atoms. The van der Waals surface area contributed by atoms with E-state index in [1.165, 1.54) is 0 Å². The molecule has 0 aliphatic carbocycles. The number of hydrogen-bond acceptors (Lipinski definition) is 4. The van der Waals surface area contributed by atoms with Crippen LogP contribution in [0.3, 0.4) is 0 Å². The highest BCUT2D eigenvalue weighted by Gasteiger charge is 2.43. The minimum Gasteiger partial charge on any atom is -0.454 e. The second-order valence-electron chi connectivity index (χ2n) is 6.55. The summed E-state index contributed by atoms with van der Waals surface area (Å²) in [6, 6.07) is 11.5. The highest BCUT2D eigenvalue weighted by atomic mass is 79.9. The van der Waals surface area contributed by atoms with Gasteiger partial charge in [0.1, 0.15) is 0 Å². The van der Waals surface area contributed by atoms with Crippen LogP contribution in [0.15, 0.2) is 40.9 Å². The maximum atomic E-state index is 12.6. The van der Waals surface area contributed by atoms with Gasteiger partial charge in [-0.15, -0.1) is 0 Å². The van der Waals surface area contributed by atoms with Gasteiger partial charge in [-0.05, 0) is 44.2 Å². The minimum atomic E-state index is -0.617. The molecule has 0 radical (unpaired) electrons. The van der Waals surface area contributed by atoms with E-state index in [-0.39, 0.29) is 18.7 Å². The van der Waals surface area contributed by atoms with Crippen LogP contribution in [0.2, 0.25) is 0 Å². The zero-order chi connectivity index (χ0) is 16.9. The Kier molecular flexibility index (Phi) is 3.46. The number of ether oxygens (including phenoxy) is 2. The standard InChI is InChI=1S/C18H17BrN2O3/c1-18(2)16(20-11-5-3-10(19)4-6-11)12-7-14-15(24-9-23-14)8-13(12)21-17(18)22/h3-8,16,20H,9H2,1-2H3,(H,21,22). The molecule has 2 aliphatic heterocycles. The third kappa shape index (κ3) is 2.41. The first-order valence-electron chi connectivity index (χ1n) is 7.72. The fraction of sp³-hybridized carbons (Fsp3) is 0.278. The maximum absolute atomic E-state index is 12.6. The van der Waals surface area contributed by atoms with Crippen molar-refractivity contribution in [3.63, 3.8) is 0 Å². The molecule has 4 rings (SSSR count). The Balaban J connectivity index is 1.78. The van der Waals surface area contributed by atoms with Crippen LogP contribution < -0.4 is 20.1 Å². The Hall–Kier alpha value is -2.21. The molecule has 1 amide bonds. The van der Waals surface area contributed by atoms with Crippen LogP contribution in [0.5, 0.6) is 11.5 Å². The first kappa shape index (κ1) is 15.3. The Labute approximate surface area is 148 Å². The van der Waals surface area contributed by atoms with Gasteiger partial charge in [0.25, 0.3) is 0 Å². The number of benzene rings is 2. The fourth-order valence-corrected chi connectivity index (χ4v) is 3.34. The zero-order valence-corrected chi connectivity index (χ0v) is 14.9. The third-order valence-electron chi connectivity index (χ3n) is 4.57. The van der Waals surface area contributed by atoms with Gasteiger partial charge in [0.2, 0.25) is 12.7 Å². The molecule has 124 valence electrons. The largest absolute Gasteiger partial charge is 0.454 e. The topological polar surface area (TPSA) is 59.6 Å². The van der Waals surface area contributed by atoms with Crippen molar-refractivity contribution in [1.29, 1.82) is 0 Å². The highest BCUT2D eigenvalue weighted by molar-refractivity contribution is 9.10. The van der Waals surface area contributed by atoms with Crippen molar-refractivity contribution < 1.29 is 14.3 Å². The van der Waals surface area contributed by atoms with Crippen molar-refractivity contribution in [1.82, 2.24) is 0 Å². The van der Waals surface area contributed by atoms with Crippen molar-refractivity contribution >= 4 is 33.2 Å². The predicted octanol–water partition coefficient (Wildman–Crippen LogP) is 4.31. The number of fused-ring (bicyclic) bond motifs is 2. The van der Waals surface area contributed by atoms with Crippen LogP contribution in [-0.4, -0.2) is 12.7 Å². The van der Waals surface area contributed by atoms with E-state index in [4.69, 9.17) is 9.47 Å². The van der Waals surface area contributed by atoms with E-state index in [1.54, 1.807) is 0 Å². The number of carbonyl (C=O) groups excluding carboxylic acids is 1. The minimum absolute atomic E-state index is 0.0246. The molecule has 6 heteroatoms. The summed E-state index contributed by atoms with van der Waals surface area (Å²) in [6.07, 6.45) is 0. The average Bonchev–Trinajstić information content (AvgIpc) is 2.99. The van der Waals surface area contributed by atoms with Gasteiger partial charge in [-0.3, -0.25) is 4.79 Å². The van der Waals surface area contributed by atoms with Gasteiger partial charge in [-0.1, -0.05) is 15.9 Å². The van der Waals surface area contributed by atoms with Crippen molar-refractivity contribution in [2.24, 2.45) is 5.41 Å². The number of amides is 1. The molecule has 0 saturated heterocycles. The van der Waals surface area contributed by atoms with E-state index < -0.39 is 5.41 Å². The van der Waals surface area contributed by atoms with Gasteiger partial charge in [-0.2, -0.15) is 0 Å². The van der Waals surface area contributed by atoms with Crippen molar-refractivity contribution in [3.8, 4) is 11.5 Å². The van der Waals surface area contributed by atoms with E-state index in [9.17, 15) is 4.79 Å². The van der Waals surface area contributed by atoms with E-state index in [0.29, 0.717) is 11.5 Å². The molecule has 2 aromatic carbocycles. The Morgan fingerprint density at radius 2 is 1.83 bits per heavy atom. The van der Waals surface area contributed by atoms with E-state index in [1.807, 2.05) is 50.2 Å². The molecule has 0 bridgehead atoms. The molecular formula is C18H17BrN2O3. The first-order chi connectivity index (χ1) is 11.4. The number of rotatable bonds is 2. The van der Waals surface area contributed by atoms with Crippen LogP contribution in [0.1, 0.15) is 25.5 Å². The molecule has 2 aromatic rings. The lowest BCUT2D eigenvalue weighted by Crippen LogP contribution is -2.43. The Morgan fingerprint density at radius 1 is 1.17 bits per heavy atom. The smallest absolute Gasteiger partial charge is 0.232 e. The number of halogens is 1. The monoisotopic (exact) mass is 388 g/mol. The quantitative estimate of drug-likeness (QED) is 0.804. The summed E-state index contributed by atoms with van der Waals surface area (Å²) < 4.78 is 11.9. The second-order valence-corrected chi connectivity index (χ2v) is 7.47. The van der Waals surface area contributed by atoms with Gasteiger partial charge in [0.15, 0.2) is 11.5 Å². The summed E-state index contributed by atoms with van der Waals surface area (Å²) in [6.45, 7) is 4.08. The number of nitrogens with one attached hydrogen (secondary N) is 2.